The number of fused-ring (bicyclic) bond motifs is 1. The maximum absolute atomic E-state index is 12.1. The van der Waals surface area contributed by atoms with Crippen molar-refractivity contribution in [1.29, 1.82) is 0 Å². The summed E-state index contributed by atoms with van der Waals surface area (Å²) in [6.45, 7) is 0. The SMILES string of the molecule is O=C(Cc1nc2ccccc2[nH]c1=O)c1cccnc1. The molecular weight excluding hydrogens is 254 g/mol. The lowest BCUT2D eigenvalue weighted by Crippen LogP contribution is -2.19. The molecule has 0 atom stereocenters. The molecule has 2 heterocycles. The van der Waals surface area contributed by atoms with Gasteiger partial charge in [0.2, 0.25) is 0 Å². The fraction of sp³-hybridized carbons (Fsp3) is 0.0667. The van der Waals surface area contributed by atoms with E-state index in [2.05, 4.69) is 15.0 Å². The maximum Gasteiger partial charge on any atom is 0.270 e. The molecule has 2 aromatic heterocycles. The number of benzene rings is 1. The standard InChI is InChI=1S/C15H11N3O2/c19-14(10-4-3-7-16-9-10)8-13-15(20)18-12-6-2-1-5-11(12)17-13/h1-7,9H,8H2,(H,18,20). The van der Waals surface area contributed by atoms with Gasteiger partial charge in [-0.3, -0.25) is 14.6 Å². The third-order valence-corrected chi connectivity index (χ3v) is 2.98. The van der Waals surface area contributed by atoms with E-state index in [4.69, 9.17) is 0 Å². The number of nitrogens with one attached hydrogen (secondary N) is 1. The molecule has 0 unspecified atom stereocenters. The number of carbonyl (C=O) groups excluding carboxylic acids is 1. The fourth-order valence-corrected chi connectivity index (χ4v) is 1.97. The number of aromatic nitrogens is 3. The first-order chi connectivity index (χ1) is 9.74. The highest BCUT2D eigenvalue weighted by molar-refractivity contribution is 5.97. The van der Waals surface area contributed by atoms with Gasteiger partial charge in [0.15, 0.2) is 5.78 Å². The van der Waals surface area contributed by atoms with E-state index in [0.29, 0.717) is 16.6 Å². The average Bonchev–Trinajstić information content (AvgIpc) is 2.49. The van der Waals surface area contributed by atoms with E-state index in [1.807, 2.05) is 12.1 Å². The van der Waals surface area contributed by atoms with Gasteiger partial charge in [-0.25, -0.2) is 4.98 Å². The van der Waals surface area contributed by atoms with Crippen LogP contribution in [-0.4, -0.2) is 20.7 Å². The number of para-hydroxylation sites is 2. The number of hydrogen-bond acceptors (Lipinski definition) is 4. The normalized spacial score (nSPS) is 10.6. The molecule has 3 rings (SSSR count). The summed E-state index contributed by atoms with van der Waals surface area (Å²) >= 11 is 0. The van der Waals surface area contributed by atoms with Gasteiger partial charge >= 0.3 is 0 Å². The van der Waals surface area contributed by atoms with Crippen LogP contribution in [0, 0.1) is 0 Å². The van der Waals surface area contributed by atoms with Crippen molar-refractivity contribution >= 4 is 16.8 Å². The van der Waals surface area contributed by atoms with Crippen LogP contribution in [0.15, 0.2) is 53.6 Å². The topological polar surface area (TPSA) is 75.7 Å². The Morgan fingerprint density at radius 3 is 2.80 bits per heavy atom. The molecule has 0 amide bonds. The van der Waals surface area contributed by atoms with Crippen molar-refractivity contribution in [3.63, 3.8) is 0 Å². The molecule has 0 bridgehead atoms. The van der Waals surface area contributed by atoms with Gasteiger partial charge in [-0.1, -0.05) is 12.1 Å². The van der Waals surface area contributed by atoms with Crippen molar-refractivity contribution in [2.45, 2.75) is 6.42 Å². The minimum absolute atomic E-state index is 0.0359. The molecule has 0 saturated heterocycles. The highest BCUT2D eigenvalue weighted by atomic mass is 16.1. The van der Waals surface area contributed by atoms with Crippen molar-refractivity contribution < 1.29 is 4.79 Å². The summed E-state index contributed by atoms with van der Waals surface area (Å²) in [6.07, 6.45) is 3.04. The lowest BCUT2D eigenvalue weighted by Gasteiger charge is -2.02. The molecule has 0 aliphatic carbocycles. The molecule has 5 heteroatoms. The van der Waals surface area contributed by atoms with E-state index < -0.39 is 0 Å². The van der Waals surface area contributed by atoms with Crippen molar-refractivity contribution in [2.75, 3.05) is 0 Å². The van der Waals surface area contributed by atoms with Crippen LogP contribution in [0.4, 0.5) is 0 Å². The number of rotatable bonds is 3. The number of hydrogen-bond donors (Lipinski definition) is 1. The molecule has 5 nitrogen and oxygen atoms in total. The summed E-state index contributed by atoms with van der Waals surface area (Å²) < 4.78 is 0. The van der Waals surface area contributed by atoms with Crippen molar-refractivity contribution in [3.05, 3.63) is 70.4 Å². The van der Waals surface area contributed by atoms with Gasteiger partial charge in [0, 0.05) is 18.0 Å². The zero-order valence-corrected chi connectivity index (χ0v) is 10.5. The first kappa shape index (κ1) is 12.2. The minimum Gasteiger partial charge on any atom is -0.319 e. The maximum atomic E-state index is 12.1. The van der Waals surface area contributed by atoms with Gasteiger partial charge in [0.25, 0.3) is 5.56 Å². The largest absolute Gasteiger partial charge is 0.319 e. The molecular formula is C15H11N3O2. The van der Waals surface area contributed by atoms with E-state index in [1.54, 1.807) is 30.5 Å². The number of pyridine rings is 1. The van der Waals surface area contributed by atoms with E-state index in [0.717, 1.165) is 0 Å². The number of H-pyrrole nitrogens is 1. The van der Waals surface area contributed by atoms with Gasteiger partial charge in [0.05, 0.1) is 17.5 Å². The molecule has 0 saturated carbocycles. The molecule has 0 fully saturated rings. The smallest absolute Gasteiger partial charge is 0.270 e. The first-order valence-electron chi connectivity index (χ1n) is 6.15. The summed E-state index contributed by atoms with van der Waals surface area (Å²) in [7, 11) is 0. The number of nitrogens with zero attached hydrogens (tertiary/aromatic N) is 2. The van der Waals surface area contributed by atoms with E-state index in [9.17, 15) is 9.59 Å². The minimum atomic E-state index is -0.332. The van der Waals surface area contributed by atoms with Crippen molar-refractivity contribution in [2.24, 2.45) is 0 Å². The molecule has 0 radical (unpaired) electrons. The number of carbonyl (C=O) groups is 1. The summed E-state index contributed by atoms with van der Waals surface area (Å²) in [4.78, 5) is 34.9. The third kappa shape index (κ3) is 2.33. The lowest BCUT2D eigenvalue weighted by molar-refractivity contribution is 0.0991. The van der Waals surface area contributed by atoms with Crippen LogP contribution in [-0.2, 0) is 6.42 Å². The van der Waals surface area contributed by atoms with Crippen LogP contribution >= 0.6 is 0 Å². The van der Waals surface area contributed by atoms with Crippen LogP contribution in [0.2, 0.25) is 0 Å². The number of Topliss-reactive ketones (excluding diaryl/α,β-unsaturated/α-hetero) is 1. The predicted octanol–water partition coefficient (Wildman–Crippen LogP) is 1.74. The predicted molar refractivity (Wildman–Crippen MR) is 74.6 cm³/mol. The Bertz CT molecular complexity index is 825. The second-order valence-electron chi connectivity index (χ2n) is 4.37. The lowest BCUT2D eigenvalue weighted by atomic mass is 10.1. The first-order valence-corrected chi connectivity index (χ1v) is 6.15. The molecule has 3 aromatic rings. The van der Waals surface area contributed by atoms with Gasteiger partial charge in [0.1, 0.15) is 5.69 Å². The van der Waals surface area contributed by atoms with Gasteiger partial charge in [-0.2, -0.15) is 0 Å². The van der Waals surface area contributed by atoms with Crippen molar-refractivity contribution in [3.8, 4) is 0 Å². The quantitative estimate of drug-likeness (QED) is 0.732. The highest BCUT2D eigenvalue weighted by Gasteiger charge is 2.12. The van der Waals surface area contributed by atoms with Gasteiger partial charge in [-0.15, -0.1) is 0 Å². The Balaban J connectivity index is 1.97. The van der Waals surface area contributed by atoms with Gasteiger partial charge in [-0.05, 0) is 24.3 Å². The van der Waals surface area contributed by atoms with Crippen LogP contribution in [0.3, 0.4) is 0 Å². The second-order valence-corrected chi connectivity index (χ2v) is 4.37. The van der Waals surface area contributed by atoms with Crippen LogP contribution in [0.25, 0.3) is 11.0 Å². The Labute approximate surface area is 114 Å². The highest BCUT2D eigenvalue weighted by Crippen LogP contribution is 2.08. The Morgan fingerprint density at radius 1 is 1.15 bits per heavy atom. The van der Waals surface area contributed by atoms with Crippen molar-refractivity contribution in [1.82, 2.24) is 15.0 Å². The Kier molecular flexibility index (Phi) is 3.09. The molecule has 98 valence electrons. The Hall–Kier alpha value is -2.82. The zero-order valence-electron chi connectivity index (χ0n) is 10.5. The van der Waals surface area contributed by atoms with E-state index in [1.165, 1.54) is 6.20 Å². The van der Waals surface area contributed by atoms with Crippen LogP contribution in [0.1, 0.15) is 16.1 Å². The van der Waals surface area contributed by atoms with E-state index >= 15 is 0 Å². The van der Waals surface area contributed by atoms with Crippen LogP contribution in [0.5, 0.6) is 0 Å². The van der Waals surface area contributed by atoms with E-state index in [-0.39, 0.29) is 23.5 Å². The Morgan fingerprint density at radius 2 is 2.00 bits per heavy atom. The van der Waals surface area contributed by atoms with Gasteiger partial charge < -0.3 is 4.98 Å². The summed E-state index contributed by atoms with van der Waals surface area (Å²) in [5.41, 5.74) is 1.69. The number of aromatic amines is 1. The third-order valence-electron chi connectivity index (χ3n) is 2.98. The summed E-state index contributed by atoms with van der Waals surface area (Å²) in [6, 6.07) is 10.6. The fourth-order valence-electron chi connectivity index (χ4n) is 1.97. The number of ketones is 1. The molecule has 1 aromatic carbocycles. The van der Waals surface area contributed by atoms with Crippen LogP contribution < -0.4 is 5.56 Å². The monoisotopic (exact) mass is 265 g/mol. The summed E-state index contributed by atoms with van der Waals surface area (Å²) in [5.74, 6) is -0.175. The summed E-state index contributed by atoms with van der Waals surface area (Å²) in [5, 5.41) is 0. The average molecular weight is 265 g/mol. The molecule has 1 N–H and O–H groups in total. The molecule has 0 aliphatic rings. The second kappa shape index (κ2) is 5.05. The molecule has 20 heavy (non-hydrogen) atoms. The molecule has 0 aliphatic heterocycles. The zero-order chi connectivity index (χ0) is 13.9. The molecule has 0 spiro atoms.